The molecule has 0 radical (unpaired) electrons. The van der Waals surface area contributed by atoms with Crippen molar-refractivity contribution in [3.8, 4) is 34.5 Å². The Morgan fingerprint density at radius 3 is 1.57 bits per heavy atom. The van der Waals surface area contributed by atoms with Crippen LogP contribution in [0.25, 0.3) is 0 Å². The number of rotatable bonds is 12. The number of hydrogen-bond acceptors (Lipinski definition) is 5. The monoisotopic (exact) mass is 498 g/mol. The highest BCUT2D eigenvalue weighted by atomic mass is 16.5. The zero-order valence-electron chi connectivity index (χ0n) is 22.0. The van der Waals surface area contributed by atoms with Gasteiger partial charge in [0.25, 0.3) is 0 Å². The SMILES string of the molecule is COc1ccc(CCc2ccc(Oc3cc(CCc4cccc(OC)c4)ccc3OC)c(OC)c2)cc1. The van der Waals surface area contributed by atoms with Gasteiger partial charge in [0.15, 0.2) is 23.0 Å². The fourth-order valence-electron chi connectivity index (χ4n) is 4.22. The van der Waals surface area contributed by atoms with Crippen LogP contribution in [0.4, 0.5) is 0 Å². The summed E-state index contributed by atoms with van der Waals surface area (Å²) in [4.78, 5) is 0. The first-order valence-corrected chi connectivity index (χ1v) is 12.4. The zero-order valence-corrected chi connectivity index (χ0v) is 22.0. The summed E-state index contributed by atoms with van der Waals surface area (Å²) in [5.74, 6) is 4.42. The molecule has 0 saturated carbocycles. The molecular weight excluding hydrogens is 464 g/mol. The van der Waals surface area contributed by atoms with E-state index in [4.69, 9.17) is 23.7 Å². The van der Waals surface area contributed by atoms with Gasteiger partial charge in [-0.15, -0.1) is 0 Å². The molecule has 0 N–H and O–H groups in total. The third-order valence-corrected chi connectivity index (χ3v) is 6.37. The smallest absolute Gasteiger partial charge is 0.169 e. The molecule has 5 nitrogen and oxygen atoms in total. The Hall–Kier alpha value is -4.12. The quantitative estimate of drug-likeness (QED) is 0.209. The van der Waals surface area contributed by atoms with Gasteiger partial charge >= 0.3 is 0 Å². The van der Waals surface area contributed by atoms with Gasteiger partial charge in [-0.05, 0) is 96.5 Å². The van der Waals surface area contributed by atoms with Crippen LogP contribution >= 0.6 is 0 Å². The predicted octanol–water partition coefficient (Wildman–Crippen LogP) is 7.08. The van der Waals surface area contributed by atoms with Gasteiger partial charge in [-0.3, -0.25) is 0 Å². The van der Waals surface area contributed by atoms with E-state index < -0.39 is 0 Å². The Kier molecular flexibility index (Phi) is 8.93. The van der Waals surface area contributed by atoms with Gasteiger partial charge < -0.3 is 23.7 Å². The Morgan fingerprint density at radius 1 is 0.405 bits per heavy atom. The van der Waals surface area contributed by atoms with Crippen LogP contribution in [0.15, 0.2) is 84.9 Å². The Balaban J connectivity index is 1.45. The summed E-state index contributed by atoms with van der Waals surface area (Å²) in [5, 5.41) is 0. The molecule has 0 amide bonds. The van der Waals surface area contributed by atoms with Gasteiger partial charge in [0.2, 0.25) is 0 Å². The largest absolute Gasteiger partial charge is 0.497 e. The summed E-state index contributed by atoms with van der Waals surface area (Å²) < 4.78 is 28.2. The molecule has 37 heavy (non-hydrogen) atoms. The maximum Gasteiger partial charge on any atom is 0.169 e. The van der Waals surface area contributed by atoms with Crippen LogP contribution in [0.2, 0.25) is 0 Å². The molecule has 0 atom stereocenters. The zero-order chi connectivity index (χ0) is 26.0. The maximum atomic E-state index is 6.31. The van der Waals surface area contributed by atoms with E-state index in [1.165, 1.54) is 16.7 Å². The number of benzene rings is 4. The third-order valence-electron chi connectivity index (χ3n) is 6.37. The Labute approximate surface area is 219 Å². The van der Waals surface area contributed by atoms with Crippen molar-refractivity contribution in [2.75, 3.05) is 28.4 Å². The second-order valence-electron chi connectivity index (χ2n) is 8.77. The molecule has 0 unspecified atom stereocenters. The topological polar surface area (TPSA) is 46.2 Å². The van der Waals surface area contributed by atoms with Crippen molar-refractivity contribution in [1.29, 1.82) is 0 Å². The first-order chi connectivity index (χ1) is 18.1. The average Bonchev–Trinajstić information content (AvgIpc) is 2.96. The van der Waals surface area contributed by atoms with Crippen molar-refractivity contribution in [1.82, 2.24) is 0 Å². The van der Waals surface area contributed by atoms with E-state index in [-0.39, 0.29) is 0 Å². The normalized spacial score (nSPS) is 10.6. The van der Waals surface area contributed by atoms with Gasteiger partial charge in [0.05, 0.1) is 28.4 Å². The molecular formula is C32H34O5. The second-order valence-corrected chi connectivity index (χ2v) is 8.77. The van der Waals surface area contributed by atoms with Gasteiger partial charge in [0, 0.05) is 0 Å². The molecule has 0 bridgehead atoms. The number of methoxy groups -OCH3 is 4. The van der Waals surface area contributed by atoms with E-state index in [0.717, 1.165) is 42.7 Å². The number of hydrogen-bond donors (Lipinski definition) is 0. The highest BCUT2D eigenvalue weighted by Crippen LogP contribution is 2.38. The summed E-state index contributed by atoms with van der Waals surface area (Å²) in [6.07, 6.45) is 3.59. The van der Waals surface area contributed by atoms with Crippen molar-refractivity contribution in [2.45, 2.75) is 25.7 Å². The fraction of sp³-hybridized carbons (Fsp3) is 0.250. The molecule has 0 aliphatic heterocycles. The molecule has 192 valence electrons. The van der Waals surface area contributed by atoms with Crippen LogP contribution in [0.1, 0.15) is 22.3 Å². The van der Waals surface area contributed by atoms with Crippen LogP contribution in [0.3, 0.4) is 0 Å². The summed E-state index contributed by atoms with van der Waals surface area (Å²) in [5.41, 5.74) is 4.83. The highest BCUT2D eigenvalue weighted by Gasteiger charge is 2.12. The van der Waals surface area contributed by atoms with Gasteiger partial charge in [0.1, 0.15) is 11.5 Å². The number of ether oxygens (including phenoxy) is 5. The van der Waals surface area contributed by atoms with Crippen molar-refractivity contribution in [3.63, 3.8) is 0 Å². The molecule has 0 saturated heterocycles. The maximum absolute atomic E-state index is 6.31. The highest BCUT2D eigenvalue weighted by molar-refractivity contribution is 5.50. The second kappa shape index (κ2) is 12.7. The lowest BCUT2D eigenvalue weighted by Crippen LogP contribution is -1.98. The van der Waals surface area contributed by atoms with Crippen LogP contribution in [0, 0.1) is 0 Å². The fourth-order valence-corrected chi connectivity index (χ4v) is 4.22. The van der Waals surface area contributed by atoms with E-state index in [1.54, 1.807) is 28.4 Å². The van der Waals surface area contributed by atoms with E-state index in [1.807, 2.05) is 48.5 Å². The van der Waals surface area contributed by atoms with Crippen LogP contribution in [-0.2, 0) is 25.7 Å². The first-order valence-electron chi connectivity index (χ1n) is 12.4. The van der Waals surface area contributed by atoms with Gasteiger partial charge in [-0.2, -0.15) is 0 Å². The Bertz CT molecular complexity index is 1300. The van der Waals surface area contributed by atoms with Gasteiger partial charge in [-0.25, -0.2) is 0 Å². The van der Waals surface area contributed by atoms with Gasteiger partial charge in [-0.1, -0.05) is 36.4 Å². The van der Waals surface area contributed by atoms with E-state index in [2.05, 4.69) is 36.4 Å². The van der Waals surface area contributed by atoms with Crippen molar-refractivity contribution in [3.05, 3.63) is 107 Å². The molecule has 4 aromatic carbocycles. The number of aryl methyl sites for hydroxylation is 4. The van der Waals surface area contributed by atoms with Crippen molar-refractivity contribution >= 4 is 0 Å². The molecule has 0 aliphatic rings. The van der Waals surface area contributed by atoms with E-state index in [0.29, 0.717) is 23.0 Å². The molecule has 0 aliphatic carbocycles. The summed E-state index contributed by atoms with van der Waals surface area (Å²) in [6, 6.07) is 28.5. The van der Waals surface area contributed by atoms with Crippen molar-refractivity contribution in [2.24, 2.45) is 0 Å². The first kappa shape index (κ1) is 26.0. The molecule has 4 aromatic rings. The van der Waals surface area contributed by atoms with Crippen LogP contribution < -0.4 is 23.7 Å². The van der Waals surface area contributed by atoms with Crippen LogP contribution in [-0.4, -0.2) is 28.4 Å². The lowest BCUT2D eigenvalue weighted by molar-refractivity contribution is 0.356. The lowest BCUT2D eigenvalue weighted by Gasteiger charge is -2.15. The molecule has 4 rings (SSSR count). The molecule has 0 aromatic heterocycles. The lowest BCUT2D eigenvalue weighted by atomic mass is 10.0. The van der Waals surface area contributed by atoms with E-state index in [9.17, 15) is 0 Å². The predicted molar refractivity (Wildman–Crippen MR) is 147 cm³/mol. The standard InChI is InChI=1S/C32H34O5/c1-33-27-16-12-23(13-17-27)8-9-25-15-19-30(31(21-25)36-4)37-32-22-26(14-18-29(32)35-3)11-10-24-6-5-7-28(20-24)34-2/h5-7,12-22H,8-11H2,1-4H3. The minimum Gasteiger partial charge on any atom is -0.497 e. The molecule has 0 fully saturated rings. The van der Waals surface area contributed by atoms with Crippen LogP contribution in [0.5, 0.6) is 34.5 Å². The van der Waals surface area contributed by atoms with Crippen molar-refractivity contribution < 1.29 is 23.7 Å². The average molecular weight is 499 g/mol. The minimum atomic E-state index is 0.652. The minimum absolute atomic E-state index is 0.652. The summed E-state index contributed by atoms with van der Waals surface area (Å²) in [7, 11) is 6.68. The molecule has 5 heteroatoms. The molecule has 0 heterocycles. The summed E-state index contributed by atoms with van der Waals surface area (Å²) >= 11 is 0. The third kappa shape index (κ3) is 6.98. The summed E-state index contributed by atoms with van der Waals surface area (Å²) in [6.45, 7) is 0. The van der Waals surface area contributed by atoms with E-state index >= 15 is 0 Å². The Morgan fingerprint density at radius 2 is 0.946 bits per heavy atom. The molecule has 0 spiro atoms.